The Hall–Kier alpha value is -1.49. The van der Waals surface area contributed by atoms with Crippen molar-refractivity contribution in [2.24, 2.45) is 0 Å². The van der Waals surface area contributed by atoms with Crippen molar-refractivity contribution in [3.8, 4) is 0 Å². The molecule has 0 radical (unpaired) electrons. The number of nitrogens with two attached hydrogens (primary N) is 1. The summed E-state index contributed by atoms with van der Waals surface area (Å²) in [4.78, 5) is 4.11. The van der Waals surface area contributed by atoms with Gasteiger partial charge in [0.1, 0.15) is 10.8 Å². The molecule has 0 aliphatic carbocycles. The second kappa shape index (κ2) is 3.71. The molecule has 2 heterocycles. The first-order chi connectivity index (χ1) is 6.75. The third kappa shape index (κ3) is 1.88. The van der Waals surface area contributed by atoms with Crippen molar-refractivity contribution in [3.05, 3.63) is 30.4 Å². The third-order valence-electron chi connectivity index (χ3n) is 1.83. The van der Waals surface area contributed by atoms with Crippen molar-refractivity contribution in [2.45, 2.75) is 13.0 Å². The summed E-state index contributed by atoms with van der Waals surface area (Å²) in [5.41, 5.74) is 5.57. The Morgan fingerprint density at radius 2 is 2.50 bits per heavy atom. The minimum atomic E-state index is 0.107. The molecule has 2 aromatic rings. The van der Waals surface area contributed by atoms with Crippen LogP contribution in [0.4, 0.5) is 10.1 Å². The number of thiazole rings is 1. The Morgan fingerprint density at radius 3 is 3.07 bits per heavy atom. The molecule has 0 spiro atoms. The fourth-order valence-electron chi connectivity index (χ4n) is 1.15. The molecule has 0 bridgehead atoms. The summed E-state index contributed by atoms with van der Waals surface area (Å²) in [5.74, 6) is 0.888. The first kappa shape index (κ1) is 9.08. The molecular weight excluding hydrogens is 198 g/mol. The molecule has 0 saturated carbocycles. The van der Waals surface area contributed by atoms with Crippen LogP contribution < -0.4 is 11.1 Å². The van der Waals surface area contributed by atoms with Gasteiger partial charge in [0.25, 0.3) is 0 Å². The lowest BCUT2D eigenvalue weighted by atomic mass is 10.3. The largest absolute Gasteiger partial charge is 0.467 e. The van der Waals surface area contributed by atoms with Gasteiger partial charge in [0.2, 0.25) is 0 Å². The molecule has 2 rings (SSSR count). The van der Waals surface area contributed by atoms with Crippen LogP contribution in [0.15, 0.2) is 29.0 Å². The Bertz CT molecular complexity index is 396. The smallest absolute Gasteiger partial charge is 0.185 e. The summed E-state index contributed by atoms with van der Waals surface area (Å²) in [6.07, 6.45) is 3.30. The topological polar surface area (TPSA) is 64.1 Å². The van der Waals surface area contributed by atoms with E-state index < -0.39 is 0 Å². The van der Waals surface area contributed by atoms with Crippen molar-refractivity contribution in [2.75, 3.05) is 11.1 Å². The summed E-state index contributed by atoms with van der Waals surface area (Å²) < 4.78 is 5.26. The number of nitrogen functional groups attached to an aromatic ring is 1. The third-order valence-corrected chi connectivity index (χ3v) is 2.59. The Morgan fingerprint density at radius 1 is 1.64 bits per heavy atom. The predicted molar refractivity (Wildman–Crippen MR) is 57.3 cm³/mol. The van der Waals surface area contributed by atoms with E-state index in [-0.39, 0.29) is 6.04 Å². The average molecular weight is 209 g/mol. The van der Waals surface area contributed by atoms with Gasteiger partial charge in [0.15, 0.2) is 5.13 Å². The summed E-state index contributed by atoms with van der Waals surface area (Å²) in [6.45, 7) is 2.01. The number of anilines is 2. The lowest BCUT2D eigenvalue weighted by molar-refractivity contribution is 0.490. The Balaban J connectivity index is 2.05. The van der Waals surface area contributed by atoms with Crippen LogP contribution in [0.25, 0.3) is 0 Å². The molecule has 0 aliphatic heterocycles. The molecule has 74 valence electrons. The maximum atomic E-state index is 5.57. The lowest BCUT2D eigenvalue weighted by Gasteiger charge is -2.08. The van der Waals surface area contributed by atoms with Gasteiger partial charge in [-0.1, -0.05) is 11.3 Å². The van der Waals surface area contributed by atoms with E-state index in [9.17, 15) is 0 Å². The maximum Gasteiger partial charge on any atom is 0.185 e. The van der Waals surface area contributed by atoms with Gasteiger partial charge < -0.3 is 15.5 Å². The Labute approximate surface area is 85.8 Å². The first-order valence-corrected chi connectivity index (χ1v) is 5.08. The minimum absolute atomic E-state index is 0.107. The molecule has 0 fully saturated rings. The van der Waals surface area contributed by atoms with E-state index in [1.165, 1.54) is 11.3 Å². The number of hydrogen-bond donors (Lipinski definition) is 2. The molecule has 4 nitrogen and oxygen atoms in total. The average Bonchev–Trinajstić information content (AvgIpc) is 2.75. The van der Waals surface area contributed by atoms with Gasteiger partial charge in [0.05, 0.1) is 18.5 Å². The monoisotopic (exact) mass is 209 g/mol. The van der Waals surface area contributed by atoms with E-state index in [0.717, 1.165) is 10.9 Å². The van der Waals surface area contributed by atoms with Crippen molar-refractivity contribution in [1.29, 1.82) is 0 Å². The zero-order valence-corrected chi connectivity index (χ0v) is 8.54. The Kier molecular flexibility index (Phi) is 2.41. The van der Waals surface area contributed by atoms with E-state index in [4.69, 9.17) is 10.2 Å². The number of rotatable bonds is 3. The van der Waals surface area contributed by atoms with Gasteiger partial charge in [-0.05, 0) is 19.1 Å². The van der Waals surface area contributed by atoms with Gasteiger partial charge in [-0.25, -0.2) is 4.98 Å². The van der Waals surface area contributed by atoms with E-state index in [0.29, 0.717) is 5.00 Å². The van der Waals surface area contributed by atoms with Crippen LogP contribution >= 0.6 is 11.3 Å². The van der Waals surface area contributed by atoms with E-state index in [2.05, 4.69) is 10.3 Å². The van der Waals surface area contributed by atoms with Gasteiger partial charge in [-0.15, -0.1) is 0 Å². The van der Waals surface area contributed by atoms with Gasteiger partial charge in [-0.3, -0.25) is 0 Å². The summed E-state index contributed by atoms with van der Waals surface area (Å²) in [7, 11) is 0. The van der Waals surface area contributed by atoms with Gasteiger partial charge in [0, 0.05) is 0 Å². The van der Waals surface area contributed by atoms with E-state index in [1.807, 2.05) is 19.1 Å². The first-order valence-electron chi connectivity index (χ1n) is 4.27. The van der Waals surface area contributed by atoms with Crippen LogP contribution in [0, 0.1) is 0 Å². The standard InChI is InChI=1S/C9H11N3OS/c1-6(7-3-2-4-13-7)12-9-11-5-8(10)14-9/h2-6H,10H2,1H3,(H,11,12). The van der Waals surface area contributed by atoms with Crippen molar-refractivity contribution in [3.63, 3.8) is 0 Å². The number of nitrogens with zero attached hydrogens (tertiary/aromatic N) is 1. The highest BCUT2D eigenvalue weighted by Gasteiger charge is 2.09. The molecule has 1 unspecified atom stereocenters. The zero-order valence-electron chi connectivity index (χ0n) is 7.73. The van der Waals surface area contributed by atoms with Crippen molar-refractivity contribution < 1.29 is 4.42 Å². The van der Waals surface area contributed by atoms with Gasteiger partial charge >= 0.3 is 0 Å². The predicted octanol–water partition coefficient (Wildman–Crippen LogP) is 2.49. The molecule has 3 N–H and O–H groups in total. The quantitative estimate of drug-likeness (QED) is 0.815. The molecule has 14 heavy (non-hydrogen) atoms. The summed E-state index contributed by atoms with van der Waals surface area (Å²) >= 11 is 1.43. The SMILES string of the molecule is CC(Nc1ncc(N)s1)c1ccco1. The highest BCUT2D eigenvalue weighted by Crippen LogP contribution is 2.24. The van der Waals surface area contributed by atoms with Crippen LogP contribution in [0.1, 0.15) is 18.7 Å². The molecule has 0 saturated heterocycles. The maximum absolute atomic E-state index is 5.57. The molecule has 0 aromatic carbocycles. The zero-order chi connectivity index (χ0) is 9.97. The van der Waals surface area contributed by atoms with E-state index >= 15 is 0 Å². The highest BCUT2D eigenvalue weighted by atomic mass is 32.1. The fourth-order valence-corrected chi connectivity index (χ4v) is 1.82. The number of hydrogen-bond acceptors (Lipinski definition) is 5. The molecule has 0 amide bonds. The number of aromatic nitrogens is 1. The summed E-state index contributed by atoms with van der Waals surface area (Å²) in [5, 5.41) is 4.72. The molecule has 1 atom stereocenters. The summed E-state index contributed by atoms with van der Waals surface area (Å²) in [6, 6.07) is 3.90. The van der Waals surface area contributed by atoms with Crippen LogP contribution in [-0.2, 0) is 0 Å². The van der Waals surface area contributed by atoms with Crippen LogP contribution in [0.2, 0.25) is 0 Å². The minimum Gasteiger partial charge on any atom is -0.467 e. The second-order valence-corrected chi connectivity index (χ2v) is 4.01. The van der Waals surface area contributed by atoms with Crippen molar-refractivity contribution >= 4 is 21.5 Å². The van der Waals surface area contributed by atoms with Crippen LogP contribution in [0.5, 0.6) is 0 Å². The number of furan rings is 1. The van der Waals surface area contributed by atoms with Crippen molar-refractivity contribution in [1.82, 2.24) is 4.98 Å². The highest BCUT2D eigenvalue weighted by molar-refractivity contribution is 7.19. The molecule has 0 aliphatic rings. The fraction of sp³-hybridized carbons (Fsp3) is 0.222. The normalized spacial score (nSPS) is 12.6. The lowest BCUT2D eigenvalue weighted by Crippen LogP contribution is -2.04. The van der Waals surface area contributed by atoms with E-state index in [1.54, 1.807) is 12.5 Å². The number of nitrogens with one attached hydrogen (secondary N) is 1. The van der Waals surface area contributed by atoms with Crippen LogP contribution in [0.3, 0.4) is 0 Å². The second-order valence-electron chi connectivity index (χ2n) is 2.95. The molecular formula is C9H11N3OS. The van der Waals surface area contributed by atoms with Crippen LogP contribution in [-0.4, -0.2) is 4.98 Å². The van der Waals surface area contributed by atoms with Gasteiger partial charge in [-0.2, -0.15) is 0 Å². The molecule has 5 heteroatoms. The molecule has 2 aromatic heterocycles.